The van der Waals surface area contributed by atoms with Crippen LogP contribution in [0.25, 0.3) is 0 Å². The third-order valence-corrected chi connectivity index (χ3v) is 3.34. The smallest absolute Gasteiger partial charge is 0.338 e. The summed E-state index contributed by atoms with van der Waals surface area (Å²) in [4.78, 5) is 23.5. The number of hydrogen-bond donors (Lipinski definition) is 3. The van der Waals surface area contributed by atoms with Crippen molar-refractivity contribution in [1.82, 2.24) is 10.6 Å². The van der Waals surface area contributed by atoms with Crippen molar-refractivity contribution in [2.24, 2.45) is 0 Å². The summed E-state index contributed by atoms with van der Waals surface area (Å²) >= 11 is 0. The van der Waals surface area contributed by atoms with Crippen molar-refractivity contribution in [1.29, 1.82) is 0 Å². The number of hydrogen-bond acceptors (Lipinski definition) is 5. The number of benzene rings is 1. The van der Waals surface area contributed by atoms with Gasteiger partial charge in [-0.1, -0.05) is 6.07 Å². The fraction of sp³-hybridized carbons (Fsp3) is 0.286. The van der Waals surface area contributed by atoms with Gasteiger partial charge >= 0.3 is 12.0 Å². The predicted molar refractivity (Wildman–Crippen MR) is 71.7 cm³/mol. The first-order valence-electron chi connectivity index (χ1n) is 6.53. The molecule has 2 aliphatic rings. The Labute approximate surface area is 120 Å². The van der Waals surface area contributed by atoms with Crippen LogP contribution in [0.3, 0.4) is 0 Å². The molecule has 2 aliphatic heterocycles. The van der Waals surface area contributed by atoms with Gasteiger partial charge in [-0.05, 0) is 24.6 Å². The first-order valence-corrected chi connectivity index (χ1v) is 6.53. The molecule has 1 atom stereocenters. The normalized spacial score (nSPS) is 20.5. The molecule has 0 saturated carbocycles. The van der Waals surface area contributed by atoms with Crippen LogP contribution in [0.4, 0.5) is 4.79 Å². The molecule has 2 amide bonds. The number of ether oxygens (including phenoxy) is 2. The lowest BCUT2D eigenvalue weighted by Crippen LogP contribution is -2.44. The SMILES string of the molecule is CCOc1cc(C2NC(=O)NC3=C2C(=O)OC3)ccc1O. The maximum Gasteiger partial charge on any atom is 0.338 e. The van der Waals surface area contributed by atoms with E-state index in [0.717, 1.165) is 0 Å². The molecule has 3 rings (SSSR count). The molecule has 0 saturated heterocycles. The van der Waals surface area contributed by atoms with E-state index in [4.69, 9.17) is 9.47 Å². The fourth-order valence-electron chi connectivity index (χ4n) is 2.42. The average Bonchev–Trinajstić information content (AvgIpc) is 2.82. The molecule has 7 nitrogen and oxygen atoms in total. The Morgan fingerprint density at radius 3 is 3.00 bits per heavy atom. The van der Waals surface area contributed by atoms with Crippen molar-refractivity contribution >= 4 is 12.0 Å². The molecule has 1 aromatic rings. The summed E-state index contributed by atoms with van der Waals surface area (Å²) in [5, 5.41) is 15.0. The van der Waals surface area contributed by atoms with Gasteiger partial charge in [0.25, 0.3) is 0 Å². The minimum Gasteiger partial charge on any atom is -0.504 e. The van der Waals surface area contributed by atoms with Crippen molar-refractivity contribution < 1.29 is 24.2 Å². The molecule has 0 radical (unpaired) electrons. The maximum absolute atomic E-state index is 11.8. The Kier molecular flexibility index (Phi) is 3.17. The third kappa shape index (κ3) is 2.26. The van der Waals surface area contributed by atoms with Gasteiger partial charge in [-0.25, -0.2) is 9.59 Å². The largest absolute Gasteiger partial charge is 0.504 e. The lowest BCUT2D eigenvalue weighted by Gasteiger charge is -2.25. The van der Waals surface area contributed by atoms with Crippen molar-refractivity contribution in [2.75, 3.05) is 13.2 Å². The lowest BCUT2D eigenvalue weighted by molar-refractivity contribution is -0.136. The van der Waals surface area contributed by atoms with Gasteiger partial charge in [-0.15, -0.1) is 0 Å². The molecule has 3 N–H and O–H groups in total. The second-order valence-electron chi connectivity index (χ2n) is 4.66. The predicted octanol–water partition coefficient (Wildman–Crippen LogP) is 0.956. The van der Waals surface area contributed by atoms with E-state index < -0.39 is 18.0 Å². The first kappa shape index (κ1) is 13.3. The average molecular weight is 290 g/mol. The topological polar surface area (TPSA) is 96.9 Å². The number of cyclic esters (lactones) is 1. The van der Waals surface area contributed by atoms with Crippen LogP contribution < -0.4 is 15.4 Å². The minimum atomic E-state index is -0.622. The molecule has 0 spiro atoms. The highest BCUT2D eigenvalue weighted by atomic mass is 16.5. The molecule has 0 fully saturated rings. The van der Waals surface area contributed by atoms with Gasteiger partial charge in [-0.3, -0.25) is 0 Å². The quantitative estimate of drug-likeness (QED) is 0.720. The Bertz CT molecular complexity index is 653. The lowest BCUT2D eigenvalue weighted by atomic mass is 9.96. The monoisotopic (exact) mass is 290 g/mol. The Hall–Kier alpha value is -2.70. The number of rotatable bonds is 3. The van der Waals surface area contributed by atoms with Gasteiger partial charge in [0.1, 0.15) is 6.61 Å². The number of phenols is 1. The van der Waals surface area contributed by atoms with Crippen molar-refractivity contribution in [2.45, 2.75) is 13.0 Å². The van der Waals surface area contributed by atoms with Crippen molar-refractivity contribution in [3.8, 4) is 11.5 Å². The molecule has 0 aliphatic carbocycles. The number of aromatic hydroxyl groups is 1. The molecule has 1 unspecified atom stereocenters. The third-order valence-electron chi connectivity index (χ3n) is 3.34. The summed E-state index contributed by atoms with van der Waals surface area (Å²) in [6.45, 7) is 2.26. The fourth-order valence-corrected chi connectivity index (χ4v) is 2.42. The number of esters is 1. The Morgan fingerprint density at radius 1 is 1.43 bits per heavy atom. The molecular weight excluding hydrogens is 276 g/mol. The molecule has 0 aromatic heterocycles. The van der Waals surface area contributed by atoms with Gasteiger partial charge in [0.2, 0.25) is 0 Å². The summed E-state index contributed by atoms with van der Waals surface area (Å²) in [7, 11) is 0. The standard InChI is InChI=1S/C14H14N2O5/c1-2-20-10-5-7(3-4-9(10)17)12-11-8(6-21-13(11)18)15-14(19)16-12/h3-5,12,17H,2,6H2,1H3,(H2,15,16,19). The van der Waals surface area contributed by atoms with Gasteiger partial charge in [0.05, 0.1) is 23.9 Å². The molecule has 21 heavy (non-hydrogen) atoms. The van der Waals surface area contributed by atoms with Crippen LogP contribution in [0.2, 0.25) is 0 Å². The zero-order valence-electron chi connectivity index (χ0n) is 11.3. The van der Waals surface area contributed by atoms with E-state index >= 15 is 0 Å². The summed E-state index contributed by atoms with van der Waals surface area (Å²) in [5.74, 6) is -0.158. The second kappa shape index (κ2) is 5.01. The number of carbonyl (C=O) groups excluding carboxylic acids is 2. The number of urea groups is 1. The van der Waals surface area contributed by atoms with Crippen LogP contribution in [-0.4, -0.2) is 30.3 Å². The first-order chi connectivity index (χ1) is 10.1. The van der Waals surface area contributed by atoms with Gasteiger partial charge < -0.3 is 25.2 Å². The van der Waals surface area contributed by atoms with E-state index in [1.54, 1.807) is 19.1 Å². The molecule has 2 heterocycles. The van der Waals surface area contributed by atoms with Crippen LogP contribution in [-0.2, 0) is 9.53 Å². The van der Waals surface area contributed by atoms with Crippen LogP contribution in [0.1, 0.15) is 18.5 Å². The van der Waals surface area contributed by atoms with Gasteiger partial charge in [-0.2, -0.15) is 0 Å². The highest BCUT2D eigenvalue weighted by Crippen LogP contribution is 2.35. The van der Waals surface area contributed by atoms with E-state index in [1.807, 2.05) is 0 Å². The highest BCUT2D eigenvalue weighted by Gasteiger charge is 2.38. The van der Waals surface area contributed by atoms with Gasteiger partial charge in [0, 0.05) is 0 Å². The number of amides is 2. The summed E-state index contributed by atoms with van der Waals surface area (Å²) in [5.41, 5.74) is 1.49. The van der Waals surface area contributed by atoms with E-state index in [-0.39, 0.29) is 12.4 Å². The highest BCUT2D eigenvalue weighted by molar-refractivity contribution is 5.97. The molecule has 0 bridgehead atoms. The van der Waals surface area contributed by atoms with E-state index in [2.05, 4.69) is 10.6 Å². The van der Waals surface area contributed by atoms with Gasteiger partial charge in [0.15, 0.2) is 11.5 Å². The van der Waals surface area contributed by atoms with Crippen LogP contribution in [0, 0.1) is 0 Å². The summed E-state index contributed by atoms with van der Waals surface area (Å²) < 4.78 is 10.3. The second-order valence-corrected chi connectivity index (χ2v) is 4.66. The summed E-state index contributed by atoms with van der Waals surface area (Å²) in [6.07, 6.45) is 0. The van der Waals surface area contributed by atoms with Crippen molar-refractivity contribution in [3.63, 3.8) is 0 Å². The Morgan fingerprint density at radius 2 is 2.24 bits per heavy atom. The minimum absolute atomic E-state index is 0.00376. The van der Waals surface area contributed by atoms with Crippen LogP contribution >= 0.6 is 0 Å². The zero-order chi connectivity index (χ0) is 15.0. The maximum atomic E-state index is 11.8. The van der Waals surface area contributed by atoms with Crippen LogP contribution in [0.15, 0.2) is 29.5 Å². The molecule has 7 heteroatoms. The van der Waals surface area contributed by atoms with E-state index in [9.17, 15) is 14.7 Å². The van der Waals surface area contributed by atoms with E-state index in [1.165, 1.54) is 6.07 Å². The molecule has 110 valence electrons. The molecule has 1 aromatic carbocycles. The number of nitrogens with one attached hydrogen (secondary N) is 2. The van der Waals surface area contributed by atoms with Crippen molar-refractivity contribution in [3.05, 3.63) is 35.0 Å². The summed E-state index contributed by atoms with van der Waals surface area (Å²) in [6, 6.07) is 3.68. The number of phenolic OH excluding ortho intramolecular Hbond substituents is 1. The Balaban J connectivity index is 2.02. The zero-order valence-corrected chi connectivity index (χ0v) is 11.3. The van der Waals surface area contributed by atoms with Crippen LogP contribution in [0.5, 0.6) is 11.5 Å². The number of carbonyl (C=O) groups is 2. The molecular formula is C14H14N2O5. The van der Waals surface area contributed by atoms with E-state index in [0.29, 0.717) is 29.2 Å².